The van der Waals surface area contributed by atoms with E-state index in [1.54, 1.807) is 23.9 Å². The summed E-state index contributed by atoms with van der Waals surface area (Å²) < 4.78 is 12.4. The maximum atomic E-state index is 13.8. The lowest BCUT2D eigenvalue weighted by molar-refractivity contribution is 0.0522. The lowest BCUT2D eigenvalue weighted by atomic mass is 9.64. The molecule has 180 valence electrons. The summed E-state index contributed by atoms with van der Waals surface area (Å²) in [6, 6.07) is 11.3. The molecule has 8 nitrogen and oxygen atoms in total. The van der Waals surface area contributed by atoms with Crippen LogP contribution in [0.2, 0.25) is 0 Å². The zero-order chi connectivity index (χ0) is 24.7. The molecule has 1 fully saturated rings. The van der Waals surface area contributed by atoms with Gasteiger partial charge in [-0.2, -0.15) is 5.10 Å². The van der Waals surface area contributed by atoms with Crippen molar-refractivity contribution < 1.29 is 19.1 Å². The Morgan fingerprint density at radius 3 is 2.63 bits per heavy atom. The van der Waals surface area contributed by atoms with E-state index in [0.29, 0.717) is 22.2 Å². The fourth-order valence-corrected chi connectivity index (χ4v) is 4.88. The molecule has 0 aliphatic heterocycles. The Morgan fingerprint density at radius 1 is 1.14 bits per heavy atom. The van der Waals surface area contributed by atoms with E-state index in [0.717, 1.165) is 35.7 Å². The van der Waals surface area contributed by atoms with E-state index in [1.165, 1.54) is 7.11 Å². The van der Waals surface area contributed by atoms with Gasteiger partial charge in [0.2, 0.25) is 5.88 Å². The second kappa shape index (κ2) is 8.69. The maximum Gasteiger partial charge on any atom is 0.343 e. The molecule has 4 aromatic rings. The number of rotatable bonds is 6. The number of nitrogens with one attached hydrogen (secondary N) is 1. The molecular formula is C27H28N4O4. The quantitative estimate of drug-likeness (QED) is 0.397. The van der Waals surface area contributed by atoms with E-state index in [2.05, 4.69) is 22.3 Å². The lowest BCUT2D eigenvalue weighted by Crippen LogP contribution is -2.33. The van der Waals surface area contributed by atoms with Crippen LogP contribution in [0.3, 0.4) is 0 Å². The van der Waals surface area contributed by atoms with Crippen molar-refractivity contribution in [2.75, 3.05) is 19.0 Å². The highest BCUT2D eigenvalue weighted by atomic mass is 16.5. The largest absolute Gasteiger partial charge is 0.480 e. The van der Waals surface area contributed by atoms with Crippen LogP contribution in [0.1, 0.15) is 59.4 Å². The van der Waals surface area contributed by atoms with Crippen LogP contribution in [0.4, 0.5) is 5.69 Å². The molecule has 2 heterocycles. The molecular weight excluding hydrogens is 444 g/mol. The van der Waals surface area contributed by atoms with Gasteiger partial charge in [-0.25, -0.2) is 9.78 Å². The summed E-state index contributed by atoms with van der Waals surface area (Å²) in [6.07, 6.45) is 4.88. The number of carbonyl (C=O) groups excluding carboxylic acids is 2. The van der Waals surface area contributed by atoms with Crippen LogP contribution in [0.15, 0.2) is 42.6 Å². The Labute approximate surface area is 203 Å². The molecule has 2 aromatic carbocycles. The van der Waals surface area contributed by atoms with Gasteiger partial charge in [-0.3, -0.25) is 9.48 Å². The van der Waals surface area contributed by atoms with Gasteiger partial charge in [0.1, 0.15) is 5.56 Å². The molecule has 0 saturated heterocycles. The molecule has 0 unspecified atom stereocenters. The standard InChI is InChI=1S/C27H28N4O4/c1-5-35-26(33)19-14-16-7-9-20(27(2)11-6-12-27)22(23(16)30-25(19)34-4)24(32)29-18-8-10-21-17(13-18)15-28-31(21)3/h7-10,13-15H,5-6,11-12H2,1-4H3,(H,29,32). The number of fused-ring (bicyclic) bond motifs is 2. The summed E-state index contributed by atoms with van der Waals surface area (Å²) >= 11 is 0. The summed E-state index contributed by atoms with van der Waals surface area (Å²) in [7, 11) is 3.34. The van der Waals surface area contributed by atoms with Crippen molar-refractivity contribution in [3.63, 3.8) is 0 Å². The summed E-state index contributed by atoms with van der Waals surface area (Å²) in [6.45, 7) is 4.17. The minimum atomic E-state index is -0.510. The second-order valence-corrected chi connectivity index (χ2v) is 9.24. The number of benzene rings is 2. The van der Waals surface area contributed by atoms with Crippen molar-refractivity contribution >= 4 is 39.4 Å². The van der Waals surface area contributed by atoms with Crippen LogP contribution in [0.5, 0.6) is 5.88 Å². The SMILES string of the molecule is CCOC(=O)c1cc2ccc(C3(C)CCC3)c(C(=O)Nc3ccc4c(cnn4C)c3)c2nc1OC. The Kier molecular flexibility index (Phi) is 5.67. The van der Waals surface area contributed by atoms with E-state index in [1.807, 2.05) is 37.4 Å². The first kappa shape index (κ1) is 22.8. The van der Waals surface area contributed by atoms with E-state index >= 15 is 0 Å². The number of pyridine rings is 1. The Hall–Kier alpha value is -3.94. The van der Waals surface area contributed by atoms with Gasteiger partial charge in [0.15, 0.2) is 0 Å². The predicted molar refractivity (Wildman–Crippen MR) is 134 cm³/mol. The molecule has 1 amide bonds. The molecule has 1 N–H and O–H groups in total. The summed E-state index contributed by atoms with van der Waals surface area (Å²) in [4.78, 5) is 30.9. The summed E-state index contributed by atoms with van der Waals surface area (Å²) in [5.41, 5.74) is 3.74. The summed E-state index contributed by atoms with van der Waals surface area (Å²) in [5.74, 6) is -0.623. The molecule has 2 aromatic heterocycles. The van der Waals surface area contributed by atoms with Crippen molar-refractivity contribution in [1.82, 2.24) is 14.8 Å². The third kappa shape index (κ3) is 3.88. The van der Waals surface area contributed by atoms with Crippen molar-refractivity contribution in [3.8, 4) is 5.88 Å². The van der Waals surface area contributed by atoms with Gasteiger partial charge in [0, 0.05) is 23.5 Å². The first-order valence-electron chi connectivity index (χ1n) is 11.8. The predicted octanol–water partition coefficient (Wildman–Crippen LogP) is 5.00. The molecule has 35 heavy (non-hydrogen) atoms. The van der Waals surface area contributed by atoms with E-state index < -0.39 is 5.97 Å². The molecule has 0 spiro atoms. The Balaban J connectivity index is 1.64. The van der Waals surface area contributed by atoms with Crippen LogP contribution >= 0.6 is 0 Å². The number of amides is 1. The monoisotopic (exact) mass is 472 g/mol. The fourth-order valence-electron chi connectivity index (χ4n) is 4.88. The minimum Gasteiger partial charge on any atom is -0.480 e. The first-order chi connectivity index (χ1) is 16.8. The number of aryl methyl sites for hydroxylation is 1. The molecule has 5 rings (SSSR count). The highest BCUT2D eigenvalue weighted by Gasteiger charge is 2.38. The average Bonchev–Trinajstić information content (AvgIpc) is 3.20. The molecule has 8 heteroatoms. The van der Waals surface area contributed by atoms with Gasteiger partial charge in [-0.05, 0) is 55.0 Å². The molecule has 1 saturated carbocycles. The zero-order valence-electron chi connectivity index (χ0n) is 20.3. The third-order valence-electron chi connectivity index (χ3n) is 6.98. The van der Waals surface area contributed by atoms with Crippen molar-refractivity contribution in [1.29, 1.82) is 0 Å². The minimum absolute atomic E-state index is 0.108. The maximum absolute atomic E-state index is 13.8. The molecule has 0 atom stereocenters. The van der Waals surface area contributed by atoms with Crippen molar-refractivity contribution in [3.05, 3.63) is 59.3 Å². The highest BCUT2D eigenvalue weighted by molar-refractivity contribution is 6.14. The van der Waals surface area contributed by atoms with Gasteiger partial charge in [-0.1, -0.05) is 25.5 Å². The highest BCUT2D eigenvalue weighted by Crippen LogP contribution is 2.46. The molecule has 0 radical (unpaired) electrons. The number of nitrogens with zero attached hydrogens (tertiary/aromatic N) is 3. The van der Waals surface area contributed by atoms with Crippen LogP contribution in [-0.2, 0) is 17.2 Å². The number of anilines is 1. The lowest BCUT2D eigenvalue weighted by Gasteiger charge is -2.40. The van der Waals surface area contributed by atoms with Gasteiger partial charge in [0.05, 0.1) is 36.5 Å². The smallest absolute Gasteiger partial charge is 0.343 e. The van der Waals surface area contributed by atoms with Gasteiger partial charge in [0.25, 0.3) is 5.91 Å². The third-order valence-corrected chi connectivity index (χ3v) is 6.98. The number of aromatic nitrogens is 3. The molecule has 1 aliphatic rings. The van der Waals surface area contributed by atoms with Crippen LogP contribution in [0, 0.1) is 0 Å². The van der Waals surface area contributed by atoms with E-state index in [4.69, 9.17) is 9.47 Å². The number of carbonyl (C=O) groups is 2. The molecule has 1 aliphatic carbocycles. The normalized spacial score (nSPS) is 14.5. The van der Waals surface area contributed by atoms with Crippen molar-refractivity contribution in [2.45, 2.75) is 38.5 Å². The Morgan fingerprint density at radius 2 is 1.94 bits per heavy atom. The second-order valence-electron chi connectivity index (χ2n) is 9.24. The van der Waals surface area contributed by atoms with Crippen LogP contribution < -0.4 is 10.1 Å². The zero-order valence-corrected chi connectivity index (χ0v) is 20.3. The first-order valence-corrected chi connectivity index (χ1v) is 11.8. The van der Waals surface area contributed by atoms with Crippen LogP contribution in [0.25, 0.3) is 21.8 Å². The number of ether oxygens (including phenoxy) is 2. The summed E-state index contributed by atoms with van der Waals surface area (Å²) in [5, 5.41) is 8.95. The topological polar surface area (TPSA) is 95.3 Å². The van der Waals surface area contributed by atoms with E-state index in [-0.39, 0.29) is 29.4 Å². The number of methoxy groups -OCH3 is 1. The molecule has 0 bridgehead atoms. The number of hydrogen-bond donors (Lipinski definition) is 1. The van der Waals surface area contributed by atoms with Crippen molar-refractivity contribution in [2.24, 2.45) is 7.05 Å². The average molecular weight is 473 g/mol. The van der Waals surface area contributed by atoms with Crippen LogP contribution in [-0.4, -0.2) is 40.4 Å². The fraction of sp³-hybridized carbons (Fsp3) is 0.333. The van der Waals surface area contributed by atoms with Gasteiger partial charge >= 0.3 is 5.97 Å². The number of esters is 1. The van der Waals surface area contributed by atoms with E-state index in [9.17, 15) is 9.59 Å². The van der Waals surface area contributed by atoms with Gasteiger partial charge in [-0.15, -0.1) is 0 Å². The van der Waals surface area contributed by atoms with Gasteiger partial charge < -0.3 is 14.8 Å². The Bertz CT molecular complexity index is 1470. The number of hydrogen-bond acceptors (Lipinski definition) is 6.